The molecule has 2 N–H and O–H groups in total. The van der Waals surface area contributed by atoms with Crippen LogP contribution in [0.15, 0.2) is 18.2 Å². The molecule has 1 aromatic carbocycles. The van der Waals surface area contributed by atoms with Gasteiger partial charge in [-0.2, -0.15) is 0 Å². The van der Waals surface area contributed by atoms with Crippen LogP contribution in [0.4, 0.5) is 0 Å². The molecule has 0 spiro atoms. The fourth-order valence-corrected chi connectivity index (χ4v) is 3.51. The van der Waals surface area contributed by atoms with E-state index >= 15 is 0 Å². The predicted octanol–water partition coefficient (Wildman–Crippen LogP) is 2.13. The molecule has 0 saturated carbocycles. The van der Waals surface area contributed by atoms with Gasteiger partial charge in [-0.25, -0.2) is 0 Å². The Labute approximate surface area is 145 Å². The summed E-state index contributed by atoms with van der Waals surface area (Å²) in [6.07, 6.45) is 2.01. The Balaban J connectivity index is 1.79. The van der Waals surface area contributed by atoms with Gasteiger partial charge >= 0.3 is 0 Å². The van der Waals surface area contributed by atoms with E-state index < -0.39 is 0 Å². The Bertz CT molecular complexity index is 617. The molecule has 2 aliphatic heterocycles. The zero-order valence-electron chi connectivity index (χ0n) is 12.6. The van der Waals surface area contributed by atoms with E-state index in [2.05, 4.69) is 10.6 Å². The monoisotopic (exact) mass is 355 g/mol. The summed E-state index contributed by atoms with van der Waals surface area (Å²) >= 11 is 12.0. The Hall–Kier alpha value is -1.30. The zero-order valence-corrected chi connectivity index (χ0v) is 14.2. The molecule has 23 heavy (non-hydrogen) atoms. The van der Waals surface area contributed by atoms with Crippen molar-refractivity contribution in [3.05, 3.63) is 33.8 Å². The molecular formula is C16H19Cl2N3O2. The van der Waals surface area contributed by atoms with Gasteiger partial charge in [0.05, 0.1) is 29.1 Å². The summed E-state index contributed by atoms with van der Waals surface area (Å²) in [5.74, 6) is -0.128. The summed E-state index contributed by atoms with van der Waals surface area (Å²) in [5, 5.41) is 7.08. The molecular weight excluding hydrogens is 337 g/mol. The van der Waals surface area contributed by atoms with Gasteiger partial charge in [0, 0.05) is 6.04 Å². The first-order valence-corrected chi connectivity index (χ1v) is 8.54. The number of nitrogens with one attached hydrogen (secondary N) is 2. The molecule has 2 fully saturated rings. The lowest BCUT2D eigenvalue weighted by Crippen LogP contribution is -2.47. The molecule has 124 valence electrons. The minimum Gasteiger partial charge on any atom is -0.347 e. The van der Waals surface area contributed by atoms with Crippen molar-refractivity contribution in [3.8, 4) is 0 Å². The van der Waals surface area contributed by atoms with Gasteiger partial charge in [-0.3, -0.25) is 9.59 Å². The van der Waals surface area contributed by atoms with Gasteiger partial charge in [0.1, 0.15) is 0 Å². The molecule has 5 nitrogen and oxygen atoms in total. The topological polar surface area (TPSA) is 61.4 Å². The van der Waals surface area contributed by atoms with Crippen LogP contribution < -0.4 is 10.6 Å². The maximum Gasteiger partial charge on any atom is 0.240 e. The highest BCUT2D eigenvalue weighted by Crippen LogP contribution is 2.29. The fourth-order valence-electron chi connectivity index (χ4n) is 3.21. The van der Waals surface area contributed by atoms with Crippen molar-refractivity contribution >= 4 is 35.0 Å². The number of carbonyl (C=O) groups is 2. The van der Waals surface area contributed by atoms with Crippen molar-refractivity contribution in [1.29, 1.82) is 0 Å². The first kappa shape index (κ1) is 16.6. The highest BCUT2D eigenvalue weighted by atomic mass is 35.5. The second-order valence-corrected chi connectivity index (χ2v) is 6.81. The minimum atomic E-state index is -0.364. The van der Waals surface area contributed by atoms with Gasteiger partial charge in [0.2, 0.25) is 11.8 Å². The van der Waals surface area contributed by atoms with Crippen LogP contribution in [0.5, 0.6) is 0 Å². The standard InChI is InChI=1S/C16H19Cl2N3O2/c17-12-2-1-10(7-13(12)18)14-8-16(23)21(9-15(22)20-14)11-3-5-19-6-4-11/h1-2,7,11,14,19H,3-6,8-9H2,(H,20,22)/t14-/m0/s1. The van der Waals surface area contributed by atoms with Crippen molar-refractivity contribution in [1.82, 2.24) is 15.5 Å². The lowest BCUT2D eigenvalue weighted by atomic mass is 10.0. The second kappa shape index (κ2) is 7.07. The maximum atomic E-state index is 12.6. The number of rotatable bonds is 2. The Morgan fingerprint density at radius 3 is 2.52 bits per heavy atom. The predicted molar refractivity (Wildman–Crippen MR) is 89.6 cm³/mol. The summed E-state index contributed by atoms with van der Waals surface area (Å²) in [5.41, 5.74) is 0.799. The number of benzene rings is 1. The van der Waals surface area contributed by atoms with Crippen LogP contribution >= 0.6 is 23.2 Å². The number of halogens is 2. The van der Waals surface area contributed by atoms with Crippen LogP contribution in [-0.4, -0.2) is 42.4 Å². The lowest BCUT2D eigenvalue weighted by Gasteiger charge is -2.33. The normalized spacial score (nSPS) is 23.6. The quantitative estimate of drug-likeness (QED) is 0.854. The SMILES string of the molecule is O=C1CN(C2CCNCC2)C(=O)C[C@@H](c2ccc(Cl)c(Cl)c2)N1. The van der Waals surface area contributed by atoms with Crippen molar-refractivity contribution in [2.45, 2.75) is 31.3 Å². The van der Waals surface area contributed by atoms with Crippen LogP contribution in [0.25, 0.3) is 0 Å². The Kier molecular flexibility index (Phi) is 5.09. The number of hydrogen-bond donors (Lipinski definition) is 2. The molecule has 7 heteroatoms. The molecule has 1 aromatic rings. The van der Waals surface area contributed by atoms with E-state index in [1.165, 1.54) is 0 Å². The smallest absolute Gasteiger partial charge is 0.240 e. The molecule has 1 atom stereocenters. The fraction of sp³-hybridized carbons (Fsp3) is 0.500. The number of amides is 2. The minimum absolute atomic E-state index is 0.00585. The Morgan fingerprint density at radius 2 is 1.83 bits per heavy atom. The van der Waals surface area contributed by atoms with Crippen LogP contribution in [0.3, 0.4) is 0 Å². The maximum absolute atomic E-state index is 12.6. The molecule has 2 heterocycles. The third kappa shape index (κ3) is 3.79. The molecule has 3 rings (SSSR count). The summed E-state index contributed by atoms with van der Waals surface area (Å²) in [6, 6.07) is 4.97. The van der Waals surface area contributed by atoms with Crippen molar-refractivity contribution in [3.63, 3.8) is 0 Å². The lowest BCUT2D eigenvalue weighted by molar-refractivity contribution is -0.136. The third-order valence-electron chi connectivity index (χ3n) is 4.44. The van der Waals surface area contributed by atoms with E-state index in [9.17, 15) is 9.59 Å². The number of hydrogen-bond acceptors (Lipinski definition) is 3. The number of carbonyl (C=O) groups excluding carboxylic acids is 2. The van der Waals surface area contributed by atoms with E-state index in [1.807, 2.05) is 0 Å². The highest BCUT2D eigenvalue weighted by Gasteiger charge is 2.33. The number of piperidine rings is 1. The van der Waals surface area contributed by atoms with Crippen molar-refractivity contribution < 1.29 is 9.59 Å². The van der Waals surface area contributed by atoms with Crippen LogP contribution in [0.2, 0.25) is 10.0 Å². The highest BCUT2D eigenvalue weighted by molar-refractivity contribution is 6.42. The summed E-state index contributed by atoms with van der Waals surface area (Å²) in [4.78, 5) is 26.6. The van der Waals surface area contributed by atoms with E-state index in [1.54, 1.807) is 23.1 Å². The van der Waals surface area contributed by atoms with Crippen LogP contribution in [0.1, 0.15) is 30.9 Å². The number of nitrogens with zero attached hydrogens (tertiary/aromatic N) is 1. The summed E-state index contributed by atoms with van der Waals surface area (Å²) < 4.78 is 0. The largest absolute Gasteiger partial charge is 0.347 e. The zero-order chi connectivity index (χ0) is 16.4. The molecule has 0 radical (unpaired) electrons. The molecule has 0 bridgehead atoms. The first-order valence-electron chi connectivity index (χ1n) is 7.79. The molecule has 2 saturated heterocycles. The van der Waals surface area contributed by atoms with Crippen molar-refractivity contribution in [2.24, 2.45) is 0 Å². The average molecular weight is 356 g/mol. The second-order valence-electron chi connectivity index (χ2n) is 6.00. The molecule has 0 unspecified atom stereocenters. The van der Waals surface area contributed by atoms with Crippen LogP contribution in [-0.2, 0) is 9.59 Å². The Morgan fingerprint density at radius 1 is 1.09 bits per heavy atom. The van der Waals surface area contributed by atoms with Crippen LogP contribution in [0, 0.1) is 0 Å². The van der Waals surface area contributed by atoms with Gasteiger partial charge < -0.3 is 15.5 Å². The molecule has 0 aromatic heterocycles. The molecule has 2 amide bonds. The van der Waals surface area contributed by atoms with Crippen molar-refractivity contribution in [2.75, 3.05) is 19.6 Å². The van der Waals surface area contributed by atoms with Gasteiger partial charge in [-0.1, -0.05) is 29.3 Å². The van der Waals surface area contributed by atoms with Gasteiger partial charge in [-0.05, 0) is 43.6 Å². The average Bonchev–Trinajstić information content (AvgIpc) is 2.69. The van der Waals surface area contributed by atoms with Gasteiger partial charge in [-0.15, -0.1) is 0 Å². The summed E-state index contributed by atoms with van der Waals surface area (Å²) in [6.45, 7) is 1.89. The summed E-state index contributed by atoms with van der Waals surface area (Å²) in [7, 11) is 0. The molecule has 0 aliphatic carbocycles. The van der Waals surface area contributed by atoms with E-state index in [4.69, 9.17) is 23.2 Å². The third-order valence-corrected chi connectivity index (χ3v) is 5.18. The van der Waals surface area contributed by atoms with E-state index in [-0.39, 0.29) is 36.9 Å². The van der Waals surface area contributed by atoms with E-state index in [0.29, 0.717) is 10.0 Å². The van der Waals surface area contributed by atoms with Gasteiger partial charge in [0.25, 0.3) is 0 Å². The van der Waals surface area contributed by atoms with E-state index in [0.717, 1.165) is 31.5 Å². The first-order chi connectivity index (χ1) is 11.0. The van der Waals surface area contributed by atoms with Gasteiger partial charge in [0.15, 0.2) is 0 Å². The molecule has 2 aliphatic rings.